The zero-order valence-corrected chi connectivity index (χ0v) is 19.9. The number of carbonyl (C=O) groups is 1. The first kappa shape index (κ1) is 23.9. The molecule has 10 heteroatoms. The largest absolute Gasteiger partial charge is 0.416 e. The molecular formula is C23H21ClF3N3OS2. The molecule has 0 aliphatic carbocycles. The van der Waals surface area contributed by atoms with Crippen molar-refractivity contribution in [2.24, 2.45) is 0 Å². The number of nitrogens with one attached hydrogen (secondary N) is 1. The number of thioether (sulfide) groups is 1. The fraction of sp³-hybridized carbons (Fsp3) is 0.304. The van der Waals surface area contributed by atoms with Gasteiger partial charge in [0.25, 0.3) is 0 Å². The molecule has 174 valence electrons. The second-order valence-corrected chi connectivity index (χ2v) is 10.1. The maximum atomic E-state index is 13.3. The molecule has 4 nitrogen and oxygen atoms in total. The second-order valence-electron chi connectivity index (χ2n) is 7.62. The summed E-state index contributed by atoms with van der Waals surface area (Å²) < 4.78 is 40.5. The highest BCUT2D eigenvalue weighted by Crippen LogP contribution is 2.37. The number of aromatic nitrogens is 1. The van der Waals surface area contributed by atoms with Gasteiger partial charge < -0.3 is 10.2 Å². The SMILES string of the molecule is O=C(CSc1nc(-c2ccc(Cl)cc2)cs1)Nc1cc(C(F)(F)F)ccc1N1CCCCC1. The Labute approximate surface area is 203 Å². The first-order valence-corrected chi connectivity index (χ1v) is 12.6. The smallest absolute Gasteiger partial charge is 0.370 e. The summed E-state index contributed by atoms with van der Waals surface area (Å²) in [6.45, 7) is 1.52. The summed E-state index contributed by atoms with van der Waals surface area (Å²) in [4.78, 5) is 19.2. The number of nitrogens with zero attached hydrogens (tertiary/aromatic N) is 2. The summed E-state index contributed by atoms with van der Waals surface area (Å²) in [5.41, 5.74) is 1.74. The minimum absolute atomic E-state index is 0.0449. The lowest BCUT2D eigenvalue weighted by Crippen LogP contribution is -2.30. The number of halogens is 4. The summed E-state index contributed by atoms with van der Waals surface area (Å²) in [6, 6.07) is 10.9. The van der Waals surface area contributed by atoms with Gasteiger partial charge in [-0.2, -0.15) is 13.2 Å². The van der Waals surface area contributed by atoms with Gasteiger partial charge in [0.2, 0.25) is 5.91 Å². The molecule has 4 rings (SSSR count). The average Bonchev–Trinajstić information content (AvgIpc) is 3.27. The minimum Gasteiger partial charge on any atom is -0.370 e. The number of benzene rings is 2. The van der Waals surface area contributed by atoms with Gasteiger partial charge in [-0.15, -0.1) is 11.3 Å². The highest BCUT2D eigenvalue weighted by molar-refractivity contribution is 8.01. The van der Waals surface area contributed by atoms with Gasteiger partial charge in [-0.05, 0) is 49.6 Å². The van der Waals surface area contributed by atoms with Crippen LogP contribution in [-0.4, -0.2) is 29.7 Å². The first-order chi connectivity index (χ1) is 15.8. The van der Waals surface area contributed by atoms with Crippen molar-refractivity contribution in [3.05, 3.63) is 58.4 Å². The predicted molar refractivity (Wildman–Crippen MR) is 129 cm³/mol. The Kier molecular flexibility index (Phi) is 7.51. The van der Waals surface area contributed by atoms with Gasteiger partial charge in [0, 0.05) is 29.1 Å². The fourth-order valence-electron chi connectivity index (χ4n) is 3.61. The van der Waals surface area contributed by atoms with E-state index in [-0.39, 0.29) is 17.3 Å². The maximum absolute atomic E-state index is 13.3. The van der Waals surface area contributed by atoms with Crippen molar-refractivity contribution in [2.45, 2.75) is 29.8 Å². The molecule has 2 aromatic carbocycles. The van der Waals surface area contributed by atoms with Crippen LogP contribution < -0.4 is 10.2 Å². The molecule has 0 bridgehead atoms. The zero-order chi connectivity index (χ0) is 23.4. The summed E-state index contributed by atoms with van der Waals surface area (Å²) in [7, 11) is 0. The van der Waals surface area contributed by atoms with Crippen molar-refractivity contribution in [2.75, 3.05) is 29.1 Å². The highest BCUT2D eigenvalue weighted by Gasteiger charge is 2.32. The van der Waals surface area contributed by atoms with E-state index in [0.717, 1.165) is 55.7 Å². The normalized spacial score (nSPS) is 14.4. The Morgan fingerprint density at radius 2 is 1.85 bits per heavy atom. The van der Waals surface area contributed by atoms with E-state index in [1.54, 1.807) is 12.1 Å². The van der Waals surface area contributed by atoms with E-state index < -0.39 is 11.7 Å². The Bertz CT molecular complexity index is 1110. The van der Waals surface area contributed by atoms with Crippen LogP contribution >= 0.6 is 34.7 Å². The van der Waals surface area contributed by atoms with Crippen LogP contribution in [0.2, 0.25) is 5.02 Å². The van der Waals surface area contributed by atoms with E-state index in [0.29, 0.717) is 15.0 Å². The van der Waals surface area contributed by atoms with Crippen molar-refractivity contribution < 1.29 is 18.0 Å². The predicted octanol–water partition coefficient (Wildman–Crippen LogP) is 7.20. The van der Waals surface area contributed by atoms with Crippen molar-refractivity contribution in [1.29, 1.82) is 0 Å². The van der Waals surface area contributed by atoms with E-state index in [1.807, 2.05) is 22.4 Å². The Hall–Kier alpha value is -2.23. The van der Waals surface area contributed by atoms with Crippen LogP contribution in [0.5, 0.6) is 0 Å². The van der Waals surface area contributed by atoms with E-state index in [2.05, 4.69) is 10.3 Å². The standard InChI is InChI=1S/C23H21ClF3N3OS2/c24-17-7-4-15(5-8-17)19-13-32-22(29-19)33-14-21(31)28-18-12-16(23(25,26)27)6-9-20(18)30-10-2-1-3-11-30/h4-9,12-13H,1-3,10-11,14H2,(H,28,31). The number of piperidine rings is 1. The number of hydrogen-bond donors (Lipinski definition) is 1. The molecule has 1 aromatic heterocycles. The van der Waals surface area contributed by atoms with Gasteiger partial charge in [-0.1, -0.05) is 35.5 Å². The van der Waals surface area contributed by atoms with Crippen molar-refractivity contribution >= 4 is 52.0 Å². The molecule has 2 heterocycles. The van der Waals surface area contributed by atoms with Crippen LogP contribution in [0.15, 0.2) is 52.2 Å². The number of thiazole rings is 1. The lowest BCUT2D eigenvalue weighted by atomic mass is 10.1. The Morgan fingerprint density at radius 1 is 1.12 bits per heavy atom. The molecule has 1 N–H and O–H groups in total. The van der Waals surface area contributed by atoms with E-state index in [9.17, 15) is 18.0 Å². The number of carbonyl (C=O) groups excluding carboxylic acids is 1. The summed E-state index contributed by atoms with van der Waals surface area (Å²) >= 11 is 8.58. The molecule has 3 aromatic rings. The third kappa shape index (κ3) is 6.22. The molecule has 0 atom stereocenters. The summed E-state index contributed by atoms with van der Waals surface area (Å²) in [6.07, 6.45) is -1.43. The Morgan fingerprint density at radius 3 is 2.55 bits per heavy atom. The van der Waals surface area contributed by atoms with Crippen LogP contribution in [0.3, 0.4) is 0 Å². The summed E-state index contributed by atoms with van der Waals surface area (Å²) in [5.74, 6) is -0.329. The van der Waals surface area contributed by atoms with Crippen molar-refractivity contribution in [3.8, 4) is 11.3 Å². The molecule has 33 heavy (non-hydrogen) atoms. The lowest BCUT2D eigenvalue weighted by molar-refractivity contribution is -0.137. The van der Waals surface area contributed by atoms with Crippen LogP contribution in [0.4, 0.5) is 24.5 Å². The first-order valence-electron chi connectivity index (χ1n) is 10.4. The maximum Gasteiger partial charge on any atom is 0.416 e. The number of hydrogen-bond acceptors (Lipinski definition) is 5. The number of amides is 1. The van der Waals surface area contributed by atoms with Crippen LogP contribution in [0.1, 0.15) is 24.8 Å². The van der Waals surface area contributed by atoms with Crippen molar-refractivity contribution in [1.82, 2.24) is 4.98 Å². The molecule has 1 fully saturated rings. The third-order valence-electron chi connectivity index (χ3n) is 5.24. The number of anilines is 2. The third-order valence-corrected chi connectivity index (χ3v) is 7.52. The van der Waals surface area contributed by atoms with Crippen LogP contribution in [0.25, 0.3) is 11.3 Å². The molecule has 1 aliphatic heterocycles. The molecule has 0 radical (unpaired) electrons. The Balaban J connectivity index is 1.44. The van der Waals surface area contributed by atoms with E-state index in [1.165, 1.54) is 29.2 Å². The quantitative estimate of drug-likeness (QED) is 0.355. The van der Waals surface area contributed by atoms with Gasteiger partial charge in [0.05, 0.1) is 28.4 Å². The molecule has 1 saturated heterocycles. The molecule has 0 spiro atoms. The topological polar surface area (TPSA) is 45.2 Å². The van der Waals surface area contributed by atoms with Crippen LogP contribution in [-0.2, 0) is 11.0 Å². The van der Waals surface area contributed by atoms with Gasteiger partial charge in [0.15, 0.2) is 4.34 Å². The molecular weight excluding hydrogens is 491 g/mol. The fourth-order valence-corrected chi connectivity index (χ4v) is 5.37. The van der Waals surface area contributed by atoms with Gasteiger partial charge in [-0.25, -0.2) is 4.98 Å². The molecule has 0 saturated carbocycles. The lowest BCUT2D eigenvalue weighted by Gasteiger charge is -2.31. The summed E-state index contributed by atoms with van der Waals surface area (Å²) in [5, 5.41) is 5.23. The molecule has 1 amide bonds. The highest BCUT2D eigenvalue weighted by atomic mass is 35.5. The van der Waals surface area contributed by atoms with E-state index >= 15 is 0 Å². The second kappa shape index (κ2) is 10.4. The van der Waals surface area contributed by atoms with Gasteiger partial charge >= 0.3 is 6.18 Å². The minimum atomic E-state index is -4.48. The number of alkyl halides is 3. The molecule has 0 unspecified atom stereocenters. The van der Waals surface area contributed by atoms with Gasteiger partial charge in [-0.3, -0.25) is 4.79 Å². The molecule has 1 aliphatic rings. The number of rotatable bonds is 6. The van der Waals surface area contributed by atoms with Crippen LogP contribution in [0, 0.1) is 0 Å². The zero-order valence-electron chi connectivity index (χ0n) is 17.5. The van der Waals surface area contributed by atoms with E-state index in [4.69, 9.17) is 11.6 Å². The van der Waals surface area contributed by atoms with Gasteiger partial charge in [0.1, 0.15) is 0 Å². The van der Waals surface area contributed by atoms with Crippen molar-refractivity contribution in [3.63, 3.8) is 0 Å². The average molecular weight is 512 g/mol. The monoisotopic (exact) mass is 511 g/mol.